The van der Waals surface area contributed by atoms with E-state index in [9.17, 15) is 4.79 Å². The maximum atomic E-state index is 12.3. The van der Waals surface area contributed by atoms with E-state index in [0.717, 1.165) is 31.4 Å². The van der Waals surface area contributed by atoms with Crippen LogP contribution >= 0.6 is 0 Å². The zero-order valence-corrected chi connectivity index (χ0v) is 13.4. The lowest BCUT2D eigenvalue weighted by molar-refractivity contribution is 0.0952. The fourth-order valence-corrected chi connectivity index (χ4v) is 3.05. The predicted molar refractivity (Wildman–Crippen MR) is 88.9 cm³/mol. The molecule has 21 heavy (non-hydrogen) atoms. The van der Waals surface area contributed by atoms with Crippen molar-refractivity contribution in [3.05, 3.63) is 35.4 Å². The molecular formula is C19H29NO. The number of Topliss-reactive ketones (excluding diaryl/α,β-unsaturated/α-hetero) is 1. The lowest BCUT2D eigenvalue weighted by atomic mass is 9.99. The van der Waals surface area contributed by atoms with Gasteiger partial charge in [0.2, 0.25) is 0 Å². The maximum absolute atomic E-state index is 12.3. The molecule has 2 heteroatoms. The average Bonchev–Trinajstić information content (AvgIpc) is 3.05. The third-order valence-corrected chi connectivity index (χ3v) is 4.43. The zero-order chi connectivity index (χ0) is 14.9. The second-order valence-electron chi connectivity index (χ2n) is 6.23. The van der Waals surface area contributed by atoms with Crippen LogP contribution in [0.25, 0.3) is 0 Å². The number of carbonyl (C=O) groups is 1. The third-order valence-electron chi connectivity index (χ3n) is 4.43. The quantitative estimate of drug-likeness (QED) is 0.534. The standard InChI is InChI=1S/C19H29NO/c1-2-3-4-5-6-7-9-16-11-13-17(14-12-16)19(21)18-10-8-15-20-18/h11-14,18,20H,2-10,15H2,1H3/t18-/m0/s1. The Bertz CT molecular complexity index is 418. The van der Waals surface area contributed by atoms with Gasteiger partial charge < -0.3 is 5.32 Å². The summed E-state index contributed by atoms with van der Waals surface area (Å²) < 4.78 is 0. The molecule has 0 bridgehead atoms. The maximum Gasteiger partial charge on any atom is 0.179 e. The van der Waals surface area contributed by atoms with Crippen LogP contribution in [0.3, 0.4) is 0 Å². The number of unbranched alkanes of at least 4 members (excludes halogenated alkanes) is 5. The molecule has 1 heterocycles. The summed E-state index contributed by atoms with van der Waals surface area (Å²) in [5.41, 5.74) is 2.22. The van der Waals surface area contributed by atoms with Gasteiger partial charge >= 0.3 is 0 Å². The van der Waals surface area contributed by atoms with Gasteiger partial charge in [0, 0.05) is 5.56 Å². The fraction of sp³-hybridized carbons (Fsp3) is 0.632. The summed E-state index contributed by atoms with van der Waals surface area (Å²) in [4.78, 5) is 12.3. The SMILES string of the molecule is CCCCCCCCc1ccc(C(=O)[C@@H]2CCCN2)cc1. The van der Waals surface area contributed by atoms with Crippen LogP contribution < -0.4 is 5.32 Å². The summed E-state index contributed by atoms with van der Waals surface area (Å²) in [6.07, 6.45) is 11.2. The first-order chi connectivity index (χ1) is 10.3. The number of nitrogens with one attached hydrogen (secondary N) is 1. The van der Waals surface area contributed by atoms with Crippen LogP contribution in [-0.4, -0.2) is 18.4 Å². The average molecular weight is 287 g/mol. The monoisotopic (exact) mass is 287 g/mol. The van der Waals surface area contributed by atoms with Crippen LogP contribution in [0, 0.1) is 0 Å². The second-order valence-corrected chi connectivity index (χ2v) is 6.23. The van der Waals surface area contributed by atoms with E-state index < -0.39 is 0 Å². The zero-order valence-electron chi connectivity index (χ0n) is 13.4. The minimum atomic E-state index is 0.0504. The molecule has 1 aliphatic heterocycles. The normalized spacial score (nSPS) is 18.0. The van der Waals surface area contributed by atoms with E-state index in [2.05, 4.69) is 24.4 Å². The highest BCUT2D eigenvalue weighted by Gasteiger charge is 2.22. The van der Waals surface area contributed by atoms with Crippen molar-refractivity contribution in [2.45, 2.75) is 70.8 Å². The Balaban J connectivity index is 1.72. The number of hydrogen-bond donors (Lipinski definition) is 1. The molecule has 1 aromatic rings. The van der Waals surface area contributed by atoms with Gasteiger partial charge in [-0.15, -0.1) is 0 Å². The van der Waals surface area contributed by atoms with Crippen molar-refractivity contribution in [2.75, 3.05) is 6.54 Å². The van der Waals surface area contributed by atoms with Crippen molar-refractivity contribution < 1.29 is 4.79 Å². The van der Waals surface area contributed by atoms with Gasteiger partial charge in [-0.1, -0.05) is 63.3 Å². The highest BCUT2D eigenvalue weighted by Crippen LogP contribution is 2.15. The molecule has 0 radical (unpaired) electrons. The molecule has 1 fully saturated rings. The molecule has 0 saturated carbocycles. The highest BCUT2D eigenvalue weighted by atomic mass is 16.1. The third kappa shape index (κ3) is 5.28. The molecule has 0 aromatic heterocycles. The van der Waals surface area contributed by atoms with Gasteiger partial charge in [0.15, 0.2) is 5.78 Å². The van der Waals surface area contributed by atoms with E-state index in [1.54, 1.807) is 0 Å². The molecule has 0 amide bonds. The van der Waals surface area contributed by atoms with E-state index in [1.807, 2.05) is 12.1 Å². The van der Waals surface area contributed by atoms with Crippen molar-refractivity contribution in [3.63, 3.8) is 0 Å². The molecule has 2 rings (SSSR count). The molecular weight excluding hydrogens is 258 g/mol. The van der Waals surface area contributed by atoms with E-state index in [0.29, 0.717) is 0 Å². The number of hydrogen-bond acceptors (Lipinski definition) is 2. The first-order valence-corrected chi connectivity index (χ1v) is 8.68. The molecule has 0 spiro atoms. The van der Waals surface area contributed by atoms with Crippen LogP contribution in [0.1, 0.15) is 74.2 Å². The van der Waals surface area contributed by atoms with Crippen LogP contribution in [0.15, 0.2) is 24.3 Å². The van der Waals surface area contributed by atoms with E-state index in [4.69, 9.17) is 0 Å². The summed E-state index contributed by atoms with van der Waals surface area (Å²) in [6, 6.07) is 8.33. The minimum absolute atomic E-state index is 0.0504. The molecule has 1 aromatic carbocycles. The van der Waals surface area contributed by atoms with Crippen LogP contribution in [0.4, 0.5) is 0 Å². The van der Waals surface area contributed by atoms with Gasteiger partial charge in [-0.05, 0) is 37.8 Å². The Morgan fingerprint density at radius 1 is 1.10 bits per heavy atom. The smallest absolute Gasteiger partial charge is 0.179 e. The van der Waals surface area contributed by atoms with Crippen LogP contribution in [0.2, 0.25) is 0 Å². The molecule has 1 N–H and O–H groups in total. The predicted octanol–water partition coefficient (Wildman–Crippen LogP) is 4.52. The second kappa shape index (κ2) is 8.99. The number of carbonyl (C=O) groups excluding carboxylic acids is 1. The molecule has 2 nitrogen and oxygen atoms in total. The van der Waals surface area contributed by atoms with E-state index in [-0.39, 0.29) is 11.8 Å². The van der Waals surface area contributed by atoms with Crippen molar-refractivity contribution in [1.29, 1.82) is 0 Å². The van der Waals surface area contributed by atoms with Gasteiger partial charge in [-0.3, -0.25) is 4.79 Å². The van der Waals surface area contributed by atoms with Gasteiger partial charge in [0.05, 0.1) is 6.04 Å². The number of aryl methyl sites for hydroxylation is 1. The van der Waals surface area contributed by atoms with Crippen molar-refractivity contribution in [1.82, 2.24) is 5.32 Å². The van der Waals surface area contributed by atoms with E-state index >= 15 is 0 Å². The van der Waals surface area contributed by atoms with Gasteiger partial charge in [-0.2, -0.15) is 0 Å². The van der Waals surface area contributed by atoms with Gasteiger partial charge in [0.1, 0.15) is 0 Å². The topological polar surface area (TPSA) is 29.1 Å². The molecule has 0 unspecified atom stereocenters. The first kappa shape index (κ1) is 16.2. The van der Waals surface area contributed by atoms with Crippen LogP contribution in [0.5, 0.6) is 0 Å². The summed E-state index contributed by atoms with van der Waals surface area (Å²) in [5, 5.41) is 3.28. The van der Waals surface area contributed by atoms with Crippen molar-refractivity contribution in [2.24, 2.45) is 0 Å². The molecule has 116 valence electrons. The number of rotatable bonds is 9. The van der Waals surface area contributed by atoms with E-state index in [1.165, 1.54) is 44.1 Å². The Morgan fingerprint density at radius 2 is 1.81 bits per heavy atom. The summed E-state index contributed by atoms with van der Waals surface area (Å²) in [7, 11) is 0. The Kier molecular flexibility index (Phi) is 6.94. The van der Waals surface area contributed by atoms with Crippen molar-refractivity contribution in [3.8, 4) is 0 Å². The van der Waals surface area contributed by atoms with Gasteiger partial charge in [-0.25, -0.2) is 0 Å². The molecule has 1 aliphatic rings. The van der Waals surface area contributed by atoms with Gasteiger partial charge in [0.25, 0.3) is 0 Å². The highest BCUT2D eigenvalue weighted by molar-refractivity contribution is 6.00. The number of ketones is 1. The van der Waals surface area contributed by atoms with Crippen molar-refractivity contribution >= 4 is 5.78 Å². The Morgan fingerprint density at radius 3 is 2.48 bits per heavy atom. The summed E-state index contributed by atoms with van der Waals surface area (Å²) in [5.74, 6) is 0.263. The lowest BCUT2D eigenvalue weighted by Gasteiger charge is -2.09. The fourth-order valence-electron chi connectivity index (χ4n) is 3.05. The minimum Gasteiger partial charge on any atom is -0.307 e. The summed E-state index contributed by atoms with van der Waals surface area (Å²) in [6.45, 7) is 3.23. The number of benzene rings is 1. The first-order valence-electron chi connectivity index (χ1n) is 8.68. The molecule has 1 saturated heterocycles. The van der Waals surface area contributed by atoms with Crippen LogP contribution in [-0.2, 0) is 6.42 Å². The summed E-state index contributed by atoms with van der Waals surface area (Å²) >= 11 is 0. The molecule has 0 aliphatic carbocycles. The Labute approximate surface area is 129 Å². The Hall–Kier alpha value is -1.15. The largest absolute Gasteiger partial charge is 0.307 e. The lowest BCUT2D eigenvalue weighted by Crippen LogP contribution is -2.30. The molecule has 1 atom stereocenters.